The molecule has 10 heteroatoms. The van der Waals surface area contributed by atoms with E-state index >= 15 is 0 Å². The van der Waals surface area contributed by atoms with E-state index in [0.29, 0.717) is 5.56 Å². The van der Waals surface area contributed by atoms with E-state index in [1.165, 1.54) is 0 Å². The molecule has 0 aromatic heterocycles. The van der Waals surface area contributed by atoms with E-state index in [1.807, 2.05) is 10.9 Å². The SMILES string of the molecule is CC(C)(C)OC(O)NNC(=O)C(CCCO)(OCc1ccccc1)C(F)(F)F. The fourth-order valence-corrected chi connectivity index (χ4v) is 2.30. The van der Waals surface area contributed by atoms with Gasteiger partial charge in [0.05, 0.1) is 12.2 Å². The number of benzene rings is 1. The first kappa shape index (κ1) is 24.3. The summed E-state index contributed by atoms with van der Waals surface area (Å²) in [5, 5.41) is 18.7. The van der Waals surface area contributed by atoms with Crippen LogP contribution in [0.2, 0.25) is 0 Å². The lowest BCUT2D eigenvalue weighted by atomic mass is 9.95. The van der Waals surface area contributed by atoms with Gasteiger partial charge in [-0.05, 0) is 39.2 Å². The molecule has 1 aromatic rings. The van der Waals surface area contributed by atoms with E-state index in [1.54, 1.807) is 51.1 Å². The number of carbonyl (C=O) groups is 1. The molecule has 2 atom stereocenters. The first-order chi connectivity index (χ1) is 12.9. The van der Waals surface area contributed by atoms with Crippen molar-refractivity contribution in [3.05, 3.63) is 35.9 Å². The van der Waals surface area contributed by atoms with Gasteiger partial charge in [0.15, 0.2) is 0 Å². The van der Waals surface area contributed by atoms with Crippen molar-refractivity contribution in [1.29, 1.82) is 0 Å². The number of amides is 1. The normalized spacial score (nSPS) is 15.7. The Morgan fingerprint density at radius 3 is 2.29 bits per heavy atom. The fourth-order valence-electron chi connectivity index (χ4n) is 2.30. The molecule has 0 heterocycles. The van der Waals surface area contributed by atoms with Gasteiger partial charge in [-0.15, -0.1) is 0 Å². The Bertz CT molecular complexity index is 607. The second-order valence-electron chi connectivity index (χ2n) is 7.11. The summed E-state index contributed by atoms with van der Waals surface area (Å²) in [5.74, 6) is -1.55. The maximum absolute atomic E-state index is 13.9. The van der Waals surface area contributed by atoms with Gasteiger partial charge in [-0.1, -0.05) is 30.3 Å². The van der Waals surface area contributed by atoms with Gasteiger partial charge in [-0.2, -0.15) is 18.6 Å². The van der Waals surface area contributed by atoms with E-state index < -0.39 is 49.3 Å². The van der Waals surface area contributed by atoms with Crippen molar-refractivity contribution in [2.45, 2.75) is 64.0 Å². The lowest BCUT2D eigenvalue weighted by molar-refractivity contribution is -0.275. The average Bonchev–Trinajstić information content (AvgIpc) is 2.58. The van der Waals surface area contributed by atoms with Crippen molar-refractivity contribution >= 4 is 5.91 Å². The maximum atomic E-state index is 13.9. The molecule has 0 aliphatic rings. The molecule has 0 fully saturated rings. The molecule has 4 N–H and O–H groups in total. The van der Waals surface area contributed by atoms with Crippen LogP contribution in [0.4, 0.5) is 13.2 Å². The number of rotatable bonds is 10. The number of hydrogen-bond donors (Lipinski definition) is 4. The minimum atomic E-state index is -5.07. The molecule has 2 unspecified atom stereocenters. The lowest BCUT2D eigenvalue weighted by Crippen LogP contribution is -2.62. The molecule has 0 aliphatic heterocycles. The highest BCUT2D eigenvalue weighted by Crippen LogP contribution is 2.38. The number of hydrazine groups is 1. The first-order valence-corrected chi connectivity index (χ1v) is 8.68. The summed E-state index contributed by atoms with van der Waals surface area (Å²) < 4.78 is 51.7. The van der Waals surface area contributed by atoms with Crippen molar-refractivity contribution in [3.8, 4) is 0 Å². The van der Waals surface area contributed by atoms with Crippen molar-refractivity contribution in [2.75, 3.05) is 6.61 Å². The average molecular weight is 408 g/mol. The second kappa shape index (κ2) is 10.2. The summed E-state index contributed by atoms with van der Waals surface area (Å²) in [6, 6.07) is 8.07. The highest BCUT2D eigenvalue weighted by molar-refractivity contribution is 5.85. The molecule has 1 amide bonds. The Balaban J connectivity index is 2.98. The van der Waals surface area contributed by atoms with E-state index in [9.17, 15) is 23.1 Å². The van der Waals surface area contributed by atoms with Gasteiger partial charge in [0.2, 0.25) is 12.0 Å². The van der Waals surface area contributed by atoms with Crippen LogP contribution in [-0.4, -0.2) is 46.5 Å². The number of hydrogen-bond acceptors (Lipinski definition) is 6. The number of aliphatic hydroxyl groups excluding tert-OH is 2. The molecule has 160 valence electrons. The Hall–Kier alpha value is -1.72. The van der Waals surface area contributed by atoms with Crippen LogP contribution in [0.3, 0.4) is 0 Å². The third-order valence-corrected chi connectivity index (χ3v) is 3.61. The van der Waals surface area contributed by atoms with Gasteiger partial charge in [0.1, 0.15) is 0 Å². The zero-order valence-corrected chi connectivity index (χ0v) is 16.0. The summed E-state index contributed by atoms with van der Waals surface area (Å²) in [6.45, 7) is 3.82. The van der Waals surface area contributed by atoms with Crippen LogP contribution < -0.4 is 10.9 Å². The topological polar surface area (TPSA) is 100 Å². The van der Waals surface area contributed by atoms with Gasteiger partial charge >= 0.3 is 6.18 Å². The van der Waals surface area contributed by atoms with Gasteiger partial charge in [0, 0.05) is 6.61 Å². The summed E-state index contributed by atoms with van der Waals surface area (Å²) in [6.07, 6.45) is -7.92. The van der Waals surface area contributed by atoms with E-state index in [2.05, 4.69) is 0 Å². The smallest absolute Gasteiger partial charge is 0.396 e. The van der Waals surface area contributed by atoms with Gasteiger partial charge in [0.25, 0.3) is 5.91 Å². The fraction of sp³-hybridized carbons (Fsp3) is 0.611. The standard InChI is InChI=1S/C18H27F3N2O5/c1-16(2,3)28-15(26)23-22-14(25)17(10-7-11-24,18(19,20)21)27-12-13-8-5-4-6-9-13/h4-6,8-9,15,23-24,26H,7,10-12H2,1-3H3,(H,22,25). The Labute approximate surface area is 161 Å². The number of aliphatic hydroxyl groups is 2. The van der Waals surface area contributed by atoms with Crippen LogP contribution in [0.25, 0.3) is 0 Å². The minimum Gasteiger partial charge on any atom is -0.396 e. The number of halogens is 3. The molecule has 0 aliphatic carbocycles. The van der Waals surface area contributed by atoms with Crippen LogP contribution in [0.5, 0.6) is 0 Å². The number of ether oxygens (including phenoxy) is 2. The van der Waals surface area contributed by atoms with Gasteiger partial charge in [-0.3, -0.25) is 10.2 Å². The van der Waals surface area contributed by atoms with Crippen LogP contribution in [-0.2, 0) is 20.9 Å². The Morgan fingerprint density at radius 1 is 1.18 bits per heavy atom. The number of nitrogens with one attached hydrogen (secondary N) is 2. The second-order valence-corrected chi connectivity index (χ2v) is 7.11. The van der Waals surface area contributed by atoms with E-state index in [4.69, 9.17) is 14.6 Å². The predicted octanol–water partition coefficient (Wildman–Crippen LogP) is 1.99. The maximum Gasteiger partial charge on any atom is 0.426 e. The Kier molecular flexibility index (Phi) is 8.83. The van der Waals surface area contributed by atoms with Crippen LogP contribution in [0.1, 0.15) is 39.2 Å². The largest absolute Gasteiger partial charge is 0.426 e. The minimum absolute atomic E-state index is 0.317. The van der Waals surface area contributed by atoms with Gasteiger partial charge in [-0.25, -0.2) is 0 Å². The molecule has 1 rings (SSSR count). The predicted molar refractivity (Wildman–Crippen MR) is 94.5 cm³/mol. The summed E-state index contributed by atoms with van der Waals surface area (Å²) in [4.78, 5) is 12.4. The quantitative estimate of drug-likeness (QED) is 0.349. The Morgan fingerprint density at radius 2 is 1.79 bits per heavy atom. The first-order valence-electron chi connectivity index (χ1n) is 8.68. The lowest BCUT2D eigenvalue weighted by Gasteiger charge is -2.35. The zero-order chi connectivity index (χ0) is 21.4. The third-order valence-electron chi connectivity index (χ3n) is 3.61. The van der Waals surface area contributed by atoms with Crippen molar-refractivity contribution in [2.24, 2.45) is 0 Å². The summed E-state index contributed by atoms with van der Waals surface area (Å²) >= 11 is 0. The molecule has 0 radical (unpaired) electrons. The molecule has 28 heavy (non-hydrogen) atoms. The molecular weight excluding hydrogens is 381 g/mol. The van der Waals surface area contributed by atoms with Crippen molar-refractivity contribution in [3.63, 3.8) is 0 Å². The van der Waals surface area contributed by atoms with E-state index in [0.717, 1.165) is 0 Å². The number of alkyl halides is 3. The van der Waals surface area contributed by atoms with Crippen LogP contribution in [0.15, 0.2) is 30.3 Å². The summed E-state index contributed by atoms with van der Waals surface area (Å²) in [5.41, 5.74) is 0.202. The van der Waals surface area contributed by atoms with Crippen LogP contribution in [0, 0.1) is 0 Å². The van der Waals surface area contributed by atoms with Gasteiger partial charge < -0.3 is 19.7 Å². The summed E-state index contributed by atoms with van der Waals surface area (Å²) in [7, 11) is 0. The van der Waals surface area contributed by atoms with Crippen molar-refractivity contribution < 1.29 is 37.7 Å². The van der Waals surface area contributed by atoms with Crippen LogP contribution >= 0.6 is 0 Å². The highest BCUT2D eigenvalue weighted by atomic mass is 19.4. The highest BCUT2D eigenvalue weighted by Gasteiger charge is 2.61. The molecule has 0 spiro atoms. The van der Waals surface area contributed by atoms with E-state index in [-0.39, 0.29) is 6.42 Å². The molecule has 0 bridgehead atoms. The molecular formula is C18H27F3N2O5. The third kappa shape index (κ3) is 7.36. The molecule has 0 saturated heterocycles. The molecule has 1 aromatic carbocycles. The molecule has 7 nitrogen and oxygen atoms in total. The van der Waals surface area contributed by atoms with Crippen molar-refractivity contribution in [1.82, 2.24) is 10.9 Å². The zero-order valence-electron chi connectivity index (χ0n) is 16.0. The number of carbonyl (C=O) groups excluding carboxylic acids is 1. The monoisotopic (exact) mass is 408 g/mol. The molecule has 0 saturated carbocycles.